The van der Waals surface area contributed by atoms with Gasteiger partial charge >= 0.3 is 0 Å². The molecule has 3 aromatic rings. The normalized spacial score (nSPS) is 10.6. The molecule has 0 fully saturated rings. The zero-order valence-corrected chi connectivity index (χ0v) is 20.5. The smallest absolute Gasteiger partial charge is 0.242 e. The van der Waals surface area contributed by atoms with Crippen LogP contribution in [0.4, 0.5) is 0 Å². The summed E-state index contributed by atoms with van der Waals surface area (Å²) in [5.41, 5.74) is 9.68. The van der Waals surface area contributed by atoms with Crippen LogP contribution in [0.25, 0.3) is 10.9 Å². The van der Waals surface area contributed by atoms with Crippen molar-refractivity contribution in [3.05, 3.63) is 58.8 Å². The van der Waals surface area contributed by atoms with E-state index in [1.165, 1.54) is 0 Å². The first-order valence-electron chi connectivity index (χ1n) is 11.4. The zero-order valence-electron chi connectivity index (χ0n) is 20.5. The predicted molar refractivity (Wildman–Crippen MR) is 133 cm³/mol. The minimum atomic E-state index is -0.431. The molecule has 0 spiro atoms. The van der Waals surface area contributed by atoms with Gasteiger partial charge < -0.3 is 19.8 Å². The number of ether oxygens (including phenoxy) is 2. The summed E-state index contributed by atoms with van der Waals surface area (Å²) in [7, 11) is 3.14. The molecule has 0 aliphatic carbocycles. The van der Waals surface area contributed by atoms with Crippen molar-refractivity contribution in [3.63, 3.8) is 0 Å². The number of aromatic amines is 1. The number of aromatic nitrogens is 1. The van der Waals surface area contributed by atoms with E-state index in [1.807, 2.05) is 50.2 Å². The van der Waals surface area contributed by atoms with E-state index in [-0.39, 0.29) is 31.1 Å². The minimum Gasteiger partial charge on any atom is -0.493 e. The van der Waals surface area contributed by atoms with E-state index in [2.05, 4.69) is 21.2 Å². The Morgan fingerprint density at radius 2 is 1.57 bits per heavy atom. The van der Waals surface area contributed by atoms with E-state index >= 15 is 0 Å². The number of rotatable bonds is 10. The number of fused-ring (bicyclic) bond motifs is 1. The third kappa shape index (κ3) is 6.99. The fourth-order valence-electron chi connectivity index (χ4n) is 3.83. The number of hydrogen-bond donors (Lipinski definition) is 4. The third-order valence-corrected chi connectivity index (χ3v) is 5.72. The molecule has 2 aromatic carbocycles. The van der Waals surface area contributed by atoms with Crippen molar-refractivity contribution >= 4 is 28.6 Å². The van der Waals surface area contributed by atoms with E-state index in [9.17, 15) is 14.4 Å². The minimum absolute atomic E-state index is 0.0223. The first-order valence-corrected chi connectivity index (χ1v) is 11.4. The average Bonchev–Trinajstić information content (AvgIpc) is 3.15. The maximum absolute atomic E-state index is 12.4. The predicted octanol–water partition coefficient (Wildman–Crippen LogP) is 2.63. The lowest BCUT2D eigenvalue weighted by Gasteiger charge is -2.10. The van der Waals surface area contributed by atoms with Gasteiger partial charge in [-0.3, -0.25) is 25.2 Å². The highest BCUT2D eigenvalue weighted by molar-refractivity contribution is 5.91. The first-order chi connectivity index (χ1) is 16.8. The van der Waals surface area contributed by atoms with Crippen LogP contribution in [0.3, 0.4) is 0 Å². The molecule has 0 radical (unpaired) electrons. The fourth-order valence-corrected chi connectivity index (χ4v) is 3.83. The summed E-state index contributed by atoms with van der Waals surface area (Å²) >= 11 is 0. The largest absolute Gasteiger partial charge is 0.493 e. The summed E-state index contributed by atoms with van der Waals surface area (Å²) in [4.78, 5) is 39.8. The topological polar surface area (TPSA) is 122 Å². The highest BCUT2D eigenvalue weighted by Crippen LogP contribution is 2.27. The van der Waals surface area contributed by atoms with Gasteiger partial charge in [0.2, 0.25) is 17.7 Å². The van der Waals surface area contributed by atoms with Crippen LogP contribution in [-0.4, -0.2) is 43.5 Å². The van der Waals surface area contributed by atoms with Crippen LogP contribution >= 0.6 is 0 Å². The Bertz CT molecular complexity index is 1220. The van der Waals surface area contributed by atoms with E-state index < -0.39 is 5.91 Å². The standard InChI is InChI=1S/C26H32N4O5/c1-16-5-7-21-20(13-16)19(17(2)28-21)15-26(33)30-29-25(32)10-9-24(31)27-12-11-18-6-8-22(34-3)23(14-18)35-4/h5-8,13-14,28H,9-12,15H2,1-4H3,(H,27,31)(H,29,32)(H,30,33). The number of carbonyl (C=O) groups is 3. The van der Waals surface area contributed by atoms with Crippen molar-refractivity contribution in [3.8, 4) is 11.5 Å². The highest BCUT2D eigenvalue weighted by atomic mass is 16.5. The molecule has 1 aromatic heterocycles. The second kappa shape index (κ2) is 11.9. The van der Waals surface area contributed by atoms with E-state index in [0.29, 0.717) is 24.5 Å². The van der Waals surface area contributed by atoms with Gasteiger partial charge in [-0.1, -0.05) is 17.7 Å². The zero-order chi connectivity index (χ0) is 25.4. The molecule has 0 saturated carbocycles. The Balaban J connectivity index is 1.37. The second-order valence-corrected chi connectivity index (χ2v) is 8.34. The molecule has 9 nitrogen and oxygen atoms in total. The molecule has 0 aliphatic heterocycles. The van der Waals surface area contributed by atoms with Gasteiger partial charge in [-0.25, -0.2) is 0 Å². The van der Waals surface area contributed by atoms with E-state index in [0.717, 1.165) is 33.3 Å². The van der Waals surface area contributed by atoms with Gasteiger partial charge in [0.15, 0.2) is 11.5 Å². The summed E-state index contributed by atoms with van der Waals surface area (Å²) in [6, 6.07) is 11.6. The Morgan fingerprint density at radius 1 is 0.857 bits per heavy atom. The van der Waals surface area contributed by atoms with Gasteiger partial charge in [-0.05, 0) is 55.7 Å². The molecule has 4 N–H and O–H groups in total. The second-order valence-electron chi connectivity index (χ2n) is 8.34. The number of hydrogen-bond acceptors (Lipinski definition) is 5. The summed E-state index contributed by atoms with van der Waals surface area (Å²) in [6.07, 6.45) is 0.732. The molecule has 0 saturated heterocycles. The molecule has 3 amide bonds. The number of nitrogens with one attached hydrogen (secondary N) is 4. The molecule has 0 atom stereocenters. The molecular formula is C26H32N4O5. The quantitative estimate of drug-likeness (QED) is 0.333. The number of benzene rings is 2. The average molecular weight is 481 g/mol. The summed E-state index contributed by atoms with van der Waals surface area (Å²) in [5, 5.41) is 3.79. The number of methoxy groups -OCH3 is 2. The number of hydrazine groups is 1. The van der Waals surface area contributed by atoms with Gasteiger partial charge in [0.25, 0.3) is 0 Å². The first kappa shape index (κ1) is 25.6. The molecule has 9 heteroatoms. The Morgan fingerprint density at radius 3 is 2.31 bits per heavy atom. The van der Waals surface area contributed by atoms with Crippen molar-refractivity contribution in [1.29, 1.82) is 0 Å². The molecule has 186 valence electrons. The SMILES string of the molecule is COc1ccc(CCNC(=O)CCC(=O)NNC(=O)Cc2c(C)[nH]c3ccc(C)cc23)cc1OC. The summed E-state index contributed by atoms with van der Waals surface area (Å²) < 4.78 is 10.5. The highest BCUT2D eigenvalue weighted by Gasteiger charge is 2.14. The van der Waals surface area contributed by atoms with Crippen molar-refractivity contribution < 1.29 is 23.9 Å². The van der Waals surface area contributed by atoms with Crippen LogP contribution < -0.4 is 25.6 Å². The molecule has 3 rings (SSSR count). The lowest BCUT2D eigenvalue weighted by Crippen LogP contribution is -2.42. The third-order valence-electron chi connectivity index (χ3n) is 5.72. The van der Waals surface area contributed by atoms with Crippen LogP contribution in [0, 0.1) is 13.8 Å². The van der Waals surface area contributed by atoms with Crippen LogP contribution in [0.1, 0.15) is 35.2 Å². The lowest BCUT2D eigenvalue weighted by molar-refractivity contribution is -0.130. The van der Waals surface area contributed by atoms with Crippen LogP contribution in [0.5, 0.6) is 11.5 Å². The molecule has 0 bridgehead atoms. The van der Waals surface area contributed by atoms with Gasteiger partial charge in [0.05, 0.1) is 20.6 Å². The van der Waals surface area contributed by atoms with Crippen molar-refractivity contribution in [1.82, 2.24) is 21.2 Å². The molecule has 1 heterocycles. The van der Waals surface area contributed by atoms with Crippen LogP contribution in [0.2, 0.25) is 0 Å². The van der Waals surface area contributed by atoms with Crippen molar-refractivity contribution in [2.45, 2.75) is 39.5 Å². The van der Waals surface area contributed by atoms with Gasteiger partial charge in [0.1, 0.15) is 0 Å². The molecule has 35 heavy (non-hydrogen) atoms. The number of amides is 3. The summed E-state index contributed by atoms with van der Waals surface area (Å²) in [6.45, 7) is 4.34. The fraction of sp³-hybridized carbons (Fsp3) is 0.346. The molecular weight excluding hydrogens is 448 g/mol. The van der Waals surface area contributed by atoms with Gasteiger partial charge in [-0.15, -0.1) is 0 Å². The van der Waals surface area contributed by atoms with E-state index in [4.69, 9.17) is 9.47 Å². The number of aryl methyl sites for hydroxylation is 2. The number of carbonyl (C=O) groups excluding carboxylic acids is 3. The molecule has 0 aliphatic rings. The maximum atomic E-state index is 12.4. The Labute approximate surface area is 204 Å². The van der Waals surface area contributed by atoms with Crippen molar-refractivity contribution in [2.24, 2.45) is 0 Å². The van der Waals surface area contributed by atoms with Gasteiger partial charge in [0, 0.05) is 36.0 Å². The Kier molecular flexibility index (Phi) is 8.72. The van der Waals surface area contributed by atoms with Crippen molar-refractivity contribution in [2.75, 3.05) is 20.8 Å². The lowest BCUT2D eigenvalue weighted by atomic mass is 10.1. The van der Waals surface area contributed by atoms with E-state index in [1.54, 1.807) is 14.2 Å². The summed E-state index contributed by atoms with van der Waals surface area (Å²) in [5.74, 6) is 0.273. The maximum Gasteiger partial charge on any atom is 0.242 e. The number of H-pyrrole nitrogens is 1. The monoisotopic (exact) mass is 480 g/mol. The molecule has 0 unspecified atom stereocenters. The van der Waals surface area contributed by atoms with Crippen LogP contribution in [0.15, 0.2) is 36.4 Å². The Hall–Kier alpha value is -4.01. The van der Waals surface area contributed by atoms with Crippen LogP contribution in [-0.2, 0) is 27.2 Å². The van der Waals surface area contributed by atoms with Gasteiger partial charge in [-0.2, -0.15) is 0 Å².